The number of esters is 1. The van der Waals surface area contributed by atoms with Gasteiger partial charge in [0.2, 0.25) is 0 Å². The van der Waals surface area contributed by atoms with E-state index in [2.05, 4.69) is 4.98 Å². The van der Waals surface area contributed by atoms with Crippen LogP contribution in [0.2, 0.25) is 0 Å². The average molecular weight is 418 g/mol. The van der Waals surface area contributed by atoms with Crippen LogP contribution >= 0.6 is 0 Å². The Hall–Kier alpha value is -3.74. The fourth-order valence-electron chi connectivity index (χ4n) is 3.53. The lowest BCUT2D eigenvalue weighted by Gasteiger charge is -2.10. The van der Waals surface area contributed by atoms with Crippen molar-refractivity contribution in [3.8, 4) is 0 Å². The second-order valence-electron chi connectivity index (χ2n) is 7.59. The summed E-state index contributed by atoms with van der Waals surface area (Å²) in [5, 5.41) is 1.28. The summed E-state index contributed by atoms with van der Waals surface area (Å²) >= 11 is 0. The van der Waals surface area contributed by atoms with E-state index in [4.69, 9.17) is 9.15 Å². The molecule has 0 saturated carbocycles. The number of rotatable bonds is 5. The Labute approximate surface area is 177 Å². The molecular formula is C24H22N2O5. The molecule has 0 aliphatic carbocycles. The Bertz CT molecular complexity index is 1430. The van der Waals surface area contributed by atoms with Gasteiger partial charge in [-0.15, -0.1) is 0 Å². The van der Waals surface area contributed by atoms with Crippen LogP contribution in [0.4, 0.5) is 0 Å². The Balaban J connectivity index is 1.49. The summed E-state index contributed by atoms with van der Waals surface area (Å²) in [5.41, 5.74) is 3.09. The molecule has 158 valence electrons. The molecule has 0 bridgehead atoms. The fraction of sp³-hybridized carbons (Fsp3) is 0.250. The molecule has 31 heavy (non-hydrogen) atoms. The maximum Gasteiger partial charge on any atom is 0.336 e. The van der Waals surface area contributed by atoms with E-state index in [0.717, 1.165) is 16.5 Å². The monoisotopic (exact) mass is 418 g/mol. The van der Waals surface area contributed by atoms with Crippen molar-refractivity contribution in [3.63, 3.8) is 0 Å². The topological polar surface area (TPSA) is 91.4 Å². The molecule has 0 unspecified atom stereocenters. The SMILES string of the molecule is Cc1cc2oc(=O)cc(COC(=O)CCc3nc4ccccc4c(=O)n3C)c2cc1C. The van der Waals surface area contributed by atoms with Gasteiger partial charge in [-0.1, -0.05) is 12.1 Å². The number of aromatic nitrogens is 2. The van der Waals surface area contributed by atoms with Crippen molar-refractivity contribution in [2.75, 3.05) is 0 Å². The molecular weight excluding hydrogens is 396 g/mol. The highest BCUT2D eigenvalue weighted by Crippen LogP contribution is 2.22. The first kappa shape index (κ1) is 20.5. The van der Waals surface area contributed by atoms with Gasteiger partial charge < -0.3 is 9.15 Å². The third-order valence-electron chi connectivity index (χ3n) is 5.46. The van der Waals surface area contributed by atoms with Crippen LogP contribution in [0.25, 0.3) is 21.9 Å². The molecule has 0 amide bonds. The number of para-hydroxylation sites is 1. The standard InChI is InChI=1S/C24H22N2O5/c1-14-10-18-16(12-23(28)31-20(18)11-15(14)2)13-30-22(27)9-8-21-25-19-7-5-4-6-17(19)24(29)26(21)3/h4-7,10-12H,8-9,13H2,1-3H3. The van der Waals surface area contributed by atoms with Crippen LogP contribution in [0, 0.1) is 13.8 Å². The van der Waals surface area contributed by atoms with E-state index in [0.29, 0.717) is 27.9 Å². The van der Waals surface area contributed by atoms with Gasteiger partial charge in [0.15, 0.2) is 0 Å². The maximum absolute atomic E-state index is 12.5. The predicted octanol–water partition coefficient (Wildman–Crippen LogP) is 3.33. The van der Waals surface area contributed by atoms with E-state index >= 15 is 0 Å². The van der Waals surface area contributed by atoms with Crippen LogP contribution in [0.15, 0.2) is 56.5 Å². The molecule has 0 radical (unpaired) electrons. The molecule has 0 N–H and O–H groups in total. The molecule has 2 aromatic carbocycles. The number of carbonyl (C=O) groups excluding carboxylic acids is 1. The second kappa shape index (κ2) is 8.18. The zero-order valence-corrected chi connectivity index (χ0v) is 17.6. The average Bonchev–Trinajstić information content (AvgIpc) is 2.75. The van der Waals surface area contributed by atoms with Gasteiger partial charge in [0.05, 0.1) is 17.3 Å². The largest absolute Gasteiger partial charge is 0.461 e. The number of nitrogens with zero attached hydrogens (tertiary/aromatic N) is 2. The van der Waals surface area contributed by atoms with Gasteiger partial charge in [0, 0.05) is 30.5 Å². The first-order valence-electron chi connectivity index (χ1n) is 9.98. The van der Waals surface area contributed by atoms with Crippen LogP contribution in [0.5, 0.6) is 0 Å². The van der Waals surface area contributed by atoms with E-state index in [9.17, 15) is 14.4 Å². The fourth-order valence-corrected chi connectivity index (χ4v) is 3.53. The summed E-state index contributed by atoms with van der Waals surface area (Å²) in [6.45, 7) is 3.87. The van der Waals surface area contributed by atoms with E-state index in [1.165, 1.54) is 10.6 Å². The van der Waals surface area contributed by atoms with Crippen molar-refractivity contribution in [1.29, 1.82) is 0 Å². The normalized spacial score (nSPS) is 11.2. The third-order valence-corrected chi connectivity index (χ3v) is 5.46. The van der Waals surface area contributed by atoms with Crippen molar-refractivity contribution in [2.24, 2.45) is 7.05 Å². The molecule has 7 nitrogen and oxygen atoms in total. The van der Waals surface area contributed by atoms with E-state index in [1.807, 2.05) is 32.0 Å². The lowest BCUT2D eigenvalue weighted by molar-refractivity contribution is -0.144. The molecule has 0 saturated heterocycles. The van der Waals surface area contributed by atoms with Crippen molar-refractivity contribution < 1.29 is 13.9 Å². The lowest BCUT2D eigenvalue weighted by Crippen LogP contribution is -2.23. The van der Waals surface area contributed by atoms with Crippen LogP contribution in [0.1, 0.15) is 28.9 Å². The number of aryl methyl sites for hydroxylation is 3. The molecule has 4 aromatic rings. The minimum absolute atomic E-state index is 0.0342. The summed E-state index contributed by atoms with van der Waals surface area (Å²) < 4.78 is 12.1. The van der Waals surface area contributed by atoms with Crippen LogP contribution in [-0.4, -0.2) is 15.5 Å². The smallest absolute Gasteiger partial charge is 0.336 e. The molecule has 2 aromatic heterocycles. The minimum Gasteiger partial charge on any atom is -0.461 e. The molecule has 2 heterocycles. The minimum atomic E-state index is -0.489. The van der Waals surface area contributed by atoms with Crippen LogP contribution in [0.3, 0.4) is 0 Å². The highest BCUT2D eigenvalue weighted by molar-refractivity contribution is 5.82. The number of hydrogen-bond donors (Lipinski definition) is 0. The summed E-state index contributed by atoms with van der Waals surface area (Å²) in [6.07, 6.45) is 0.335. The molecule has 0 aliphatic rings. The van der Waals surface area contributed by atoms with Crippen molar-refractivity contribution in [2.45, 2.75) is 33.3 Å². The Morgan fingerprint density at radius 2 is 1.81 bits per heavy atom. The van der Waals surface area contributed by atoms with Gasteiger partial charge in [0.25, 0.3) is 5.56 Å². The predicted molar refractivity (Wildman–Crippen MR) is 117 cm³/mol. The molecule has 0 fully saturated rings. The molecule has 0 aliphatic heterocycles. The van der Waals surface area contributed by atoms with E-state index < -0.39 is 11.6 Å². The zero-order valence-electron chi connectivity index (χ0n) is 17.6. The summed E-state index contributed by atoms with van der Waals surface area (Å²) in [6, 6.07) is 12.2. The number of ether oxygens (including phenoxy) is 1. The maximum atomic E-state index is 12.5. The summed E-state index contributed by atoms with van der Waals surface area (Å²) in [4.78, 5) is 41.2. The van der Waals surface area contributed by atoms with Gasteiger partial charge in [-0.25, -0.2) is 9.78 Å². The number of fused-ring (bicyclic) bond motifs is 2. The van der Waals surface area contributed by atoms with Crippen molar-refractivity contribution in [1.82, 2.24) is 9.55 Å². The van der Waals surface area contributed by atoms with Crippen molar-refractivity contribution in [3.05, 3.63) is 85.8 Å². The number of hydrogen-bond acceptors (Lipinski definition) is 6. The van der Waals surface area contributed by atoms with Gasteiger partial charge >= 0.3 is 11.6 Å². The number of carbonyl (C=O) groups is 1. The first-order chi connectivity index (χ1) is 14.8. The quantitative estimate of drug-likeness (QED) is 0.365. The highest BCUT2D eigenvalue weighted by atomic mass is 16.5. The van der Waals surface area contributed by atoms with Gasteiger partial charge in [-0.3, -0.25) is 14.2 Å². The van der Waals surface area contributed by atoms with Gasteiger partial charge in [-0.2, -0.15) is 0 Å². The molecule has 0 spiro atoms. The van der Waals surface area contributed by atoms with Crippen LogP contribution in [-0.2, 0) is 29.6 Å². The number of benzene rings is 2. The lowest BCUT2D eigenvalue weighted by atomic mass is 10.0. The Kier molecular flexibility index (Phi) is 5.42. The molecule has 4 rings (SSSR count). The van der Waals surface area contributed by atoms with Gasteiger partial charge in [-0.05, 0) is 49.2 Å². The zero-order chi connectivity index (χ0) is 22.1. The molecule has 7 heteroatoms. The highest BCUT2D eigenvalue weighted by Gasteiger charge is 2.13. The van der Waals surface area contributed by atoms with Crippen LogP contribution < -0.4 is 11.2 Å². The Morgan fingerprint density at radius 3 is 2.61 bits per heavy atom. The van der Waals surface area contributed by atoms with Gasteiger partial charge in [0.1, 0.15) is 18.0 Å². The van der Waals surface area contributed by atoms with Crippen molar-refractivity contribution >= 4 is 27.8 Å². The van der Waals surface area contributed by atoms with E-state index in [-0.39, 0.29) is 25.0 Å². The third kappa shape index (κ3) is 4.12. The Morgan fingerprint density at radius 1 is 1.06 bits per heavy atom. The summed E-state index contributed by atoms with van der Waals surface area (Å²) in [5.74, 6) is 0.0742. The summed E-state index contributed by atoms with van der Waals surface area (Å²) in [7, 11) is 1.64. The van der Waals surface area contributed by atoms with E-state index in [1.54, 1.807) is 25.2 Å². The first-order valence-corrected chi connectivity index (χ1v) is 9.98. The second-order valence-corrected chi connectivity index (χ2v) is 7.59. The molecule has 0 atom stereocenters.